The van der Waals surface area contributed by atoms with Gasteiger partial charge in [0.05, 0.1) is 35.3 Å². The SMILES string of the molecule is CCn1cc(Cn2cc(NC(=O)C(C)n3cc(Cl)c(C)n3)cn2)cn1. The molecule has 3 aromatic heterocycles. The van der Waals surface area contributed by atoms with Crippen molar-refractivity contribution in [3.63, 3.8) is 0 Å². The van der Waals surface area contributed by atoms with Crippen molar-refractivity contribution < 1.29 is 4.79 Å². The Morgan fingerprint density at radius 2 is 2.00 bits per heavy atom. The zero-order valence-electron chi connectivity index (χ0n) is 14.3. The molecular weight excluding hydrogens is 342 g/mol. The Bertz CT molecular complexity index is 859. The van der Waals surface area contributed by atoms with Crippen molar-refractivity contribution in [2.24, 2.45) is 0 Å². The van der Waals surface area contributed by atoms with Crippen molar-refractivity contribution >= 4 is 23.2 Å². The second-order valence-electron chi connectivity index (χ2n) is 5.84. The van der Waals surface area contributed by atoms with Crippen LogP contribution in [0.15, 0.2) is 31.0 Å². The van der Waals surface area contributed by atoms with Gasteiger partial charge in [0.15, 0.2) is 0 Å². The van der Waals surface area contributed by atoms with E-state index in [1.807, 2.05) is 24.0 Å². The molecular formula is C16H20ClN7O. The van der Waals surface area contributed by atoms with Crippen molar-refractivity contribution in [2.45, 2.75) is 39.9 Å². The second kappa shape index (κ2) is 7.10. The van der Waals surface area contributed by atoms with Crippen molar-refractivity contribution in [2.75, 3.05) is 5.32 Å². The lowest BCUT2D eigenvalue weighted by Crippen LogP contribution is -2.23. The van der Waals surface area contributed by atoms with Gasteiger partial charge in [-0.15, -0.1) is 0 Å². The molecule has 0 spiro atoms. The van der Waals surface area contributed by atoms with E-state index in [2.05, 4.69) is 20.6 Å². The van der Waals surface area contributed by atoms with E-state index < -0.39 is 6.04 Å². The summed E-state index contributed by atoms with van der Waals surface area (Å²) >= 11 is 6.00. The van der Waals surface area contributed by atoms with Crippen LogP contribution in [-0.2, 0) is 17.9 Å². The van der Waals surface area contributed by atoms with E-state index in [0.29, 0.717) is 22.9 Å². The van der Waals surface area contributed by atoms with Gasteiger partial charge in [-0.3, -0.25) is 18.8 Å². The van der Waals surface area contributed by atoms with Gasteiger partial charge in [0.1, 0.15) is 6.04 Å². The third-order valence-corrected chi connectivity index (χ3v) is 4.26. The summed E-state index contributed by atoms with van der Waals surface area (Å²) in [7, 11) is 0. The molecule has 25 heavy (non-hydrogen) atoms. The largest absolute Gasteiger partial charge is 0.322 e. The monoisotopic (exact) mass is 361 g/mol. The molecule has 8 nitrogen and oxygen atoms in total. The molecule has 1 atom stereocenters. The lowest BCUT2D eigenvalue weighted by Gasteiger charge is -2.11. The van der Waals surface area contributed by atoms with Crippen LogP contribution in [0.5, 0.6) is 0 Å². The Morgan fingerprint density at radius 1 is 1.24 bits per heavy atom. The molecule has 0 fully saturated rings. The standard InChI is InChI=1S/C16H20ClN7O/c1-4-22-7-13(5-18-22)8-23-9-14(6-19-23)20-16(25)12(3)24-10-15(17)11(2)21-24/h5-7,9-10,12H,4,8H2,1-3H3,(H,20,25). The average molecular weight is 362 g/mol. The second-order valence-corrected chi connectivity index (χ2v) is 6.25. The van der Waals surface area contributed by atoms with Crippen molar-refractivity contribution in [3.05, 3.63) is 47.3 Å². The normalized spacial score (nSPS) is 12.3. The van der Waals surface area contributed by atoms with Gasteiger partial charge in [-0.1, -0.05) is 11.6 Å². The van der Waals surface area contributed by atoms with Crippen molar-refractivity contribution in [1.29, 1.82) is 0 Å². The van der Waals surface area contributed by atoms with Crippen LogP contribution >= 0.6 is 11.6 Å². The van der Waals surface area contributed by atoms with E-state index in [4.69, 9.17) is 11.6 Å². The first kappa shape index (κ1) is 17.2. The summed E-state index contributed by atoms with van der Waals surface area (Å²) < 4.78 is 5.17. The maximum Gasteiger partial charge on any atom is 0.249 e. The van der Waals surface area contributed by atoms with E-state index >= 15 is 0 Å². The minimum Gasteiger partial charge on any atom is -0.322 e. The van der Waals surface area contributed by atoms with Gasteiger partial charge in [0.25, 0.3) is 0 Å². The Balaban J connectivity index is 1.63. The highest BCUT2D eigenvalue weighted by atomic mass is 35.5. The predicted octanol–water partition coefficient (Wildman–Crippen LogP) is 2.51. The van der Waals surface area contributed by atoms with E-state index in [9.17, 15) is 4.79 Å². The Hall–Kier alpha value is -2.61. The first-order chi connectivity index (χ1) is 12.0. The molecule has 3 heterocycles. The van der Waals surface area contributed by atoms with Crippen LogP contribution in [0.1, 0.15) is 31.1 Å². The summed E-state index contributed by atoms with van der Waals surface area (Å²) in [5.41, 5.74) is 2.38. The van der Waals surface area contributed by atoms with Gasteiger partial charge >= 0.3 is 0 Å². The van der Waals surface area contributed by atoms with Crippen LogP contribution in [0, 0.1) is 6.92 Å². The highest BCUT2D eigenvalue weighted by Crippen LogP contribution is 2.17. The van der Waals surface area contributed by atoms with Crippen molar-refractivity contribution in [1.82, 2.24) is 29.3 Å². The van der Waals surface area contributed by atoms with Crippen LogP contribution < -0.4 is 5.32 Å². The number of aromatic nitrogens is 6. The van der Waals surface area contributed by atoms with Gasteiger partial charge < -0.3 is 5.32 Å². The summed E-state index contributed by atoms with van der Waals surface area (Å²) in [6.07, 6.45) is 8.85. The molecule has 0 aliphatic heterocycles. The smallest absolute Gasteiger partial charge is 0.249 e. The fraction of sp³-hybridized carbons (Fsp3) is 0.375. The molecule has 9 heteroatoms. The summed E-state index contributed by atoms with van der Waals surface area (Å²) in [4.78, 5) is 12.4. The fourth-order valence-electron chi connectivity index (χ4n) is 2.39. The molecule has 0 aliphatic carbocycles. The molecule has 0 bridgehead atoms. The fourth-order valence-corrected chi connectivity index (χ4v) is 2.53. The van der Waals surface area contributed by atoms with Gasteiger partial charge in [-0.05, 0) is 20.8 Å². The topological polar surface area (TPSA) is 82.6 Å². The molecule has 0 aliphatic rings. The number of nitrogens with one attached hydrogen (secondary N) is 1. The molecule has 1 N–H and O–H groups in total. The first-order valence-electron chi connectivity index (χ1n) is 8.02. The number of nitrogens with zero attached hydrogens (tertiary/aromatic N) is 6. The molecule has 1 unspecified atom stereocenters. The number of anilines is 1. The predicted molar refractivity (Wildman–Crippen MR) is 94.5 cm³/mol. The van der Waals surface area contributed by atoms with Gasteiger partial charge in [-0.2, -0.15) is 15.3 Å². The van der Waals surface area contributed by atoms with Crippen LogP contribution in [0.25, 0.3) is 0 Å². The third kappa shape index (κ3) is 3.90. The number of hydrogen-bond donors (Lipinski definition) is 1. The van der Waals surface area contributed by atoms with Crippen LogP contribution in [0.3, 0.4) is 0 Å². The quantitative estimate of drug-likeness (QED) is 0.731. The summed E-state index contributed by atoms with van der Waals surface area (Å²) in [6.45, 7) is 7.03. The molecule has 0 aromatic carbocycles. The highest BCUT2D eigenvalue weighted by molar-refractivity contribution is 6.31. The molecule has 0 radical (unpaired) electrons. The Morgan fingerprint density at radius 3 is 2.64 bits per heavy atom. The number of halogens is 1. The number of hydrogen-bond acceptors (Lipinski definition) is 4. The Kier molecular flexibility index (Phi) is 4.89. The van der Waals surface area contributed by atoms with Crippen LogP contribution in [0.2, 0.25) is 5.02 Å². The van der Waals surface area contributed by atoms with E-state index in [1.54, 1.807) is 41.8 Å². The number of carbonyl (C=O) groups excluding carboxylic acids is 1. The number of aryl methyl sites for hydroxylation is 2. The maximum absolute atomic E-state index is 12.4. The molecule has 0 saturated heterocycles. The number of carbonyl (C=O) groups is 1. The third-order valence-electron chi connectivity index (χ3n) is 3.89. The zero-order valence-corrected chi connectivity index (χ0v) is 15.1. The minimum absolute atomic E-state index is 0.183. The van der Waals surface area contributed by atoms with Crippen LogP contribution in [-0.4, -0.2) is 35.2 Å². The van der Waals surface area contributed by atoms with Gasteiger partial charge in [-0.25, -0.2) is 0 Å². The molecule has 132 valence electrons. The van der Waals surface area contributed by atoms with E-state index in [0.717, 1.165) is 12.1 Å². The molecule has 3 aromatic rings. The summed E-state index contributed by atoms with van der Waals surface area (Å²) in [6, 6.07) is -0.475. The number of amides is 1. The highest BCUT2D eigenvalue weighted by Gasteiger charge is 2.18. The average Bonchev–Trinajstić information content (AvgIpc) is 3.29. The molecule has 0 saturated carbocycles. The van der Waals surface area contributed by atoms with Crippen molar-refractivity contribution in [3.8, 4) is 0 Å². The molecule has 1 amide bonds. The van der Waals surface area contributed by atoms with Gasteiger partial charge in [0.2, 0.25) is 5.91 Å². The van der Waals surface area contributed by atoms with Crippen LogP contribution in [0.4, 0.5) is 5.69 Å². The lowest BCUT2D eigenvalue weighted by atomic mass is 10.3. The molecule has 3 rings (SSSR count). The summed E-state index contributed by atoms with van der Waals surface area (Å²) in [5, 5.41) is 16.1. The van der Waals surface area contributed by atoms with E-state index in [1.165, 1.54) is 0 Å². The Labute approximate surface area is 150 Å². The number of rotatable bonds is 6. The van der Waals surface area contributed by atoms with E-state index in [-0.39, 0.29) is 5.91 Å². The summed E-state index contributed by atoms with van der Waals surface area (Å²) in [5.74, 6) is -0.183. The lowest BCUT2D eigenvalue weighted by molar-refractivity contribution is -0.119. The minimum atomic E-state index is -0.475. The maximum atomic E-state index is 12.4. The van der Waals surface area contributed by atoms with Gasteiger partial charge in [0, 0.05) is 30.7 Å². The first-order valence-corrected chi connectivity index (χ1v) is 8.40. The zero-order chi connectivity index (χ0) is 18.0.